The van der Waals surface area contributed by atoms with Crippen LogP contribution < -0.4 is 10.1 Å². The van der Waals surface area contributed by atoms with Crippen molar-refractivity contribution in [2.75, 3.05) is 12.4 Å². The molecule has 2 aromatic rings. The summed E-state index contributed by atoms with van der Waals surface area (Å²) >= 11 is 9.65. The smallest absolute Gasteiger partial charge is 0.165 e. The molecule has 0 aliphatic carbocycles. The van der Waals surface area contributed by atoms with Gasteiger partial charge in [-0.25, -0.2) is 4.39 Å². The van der Waals surface area contributed by atoms with Gasteiger partial charge in [0.15, 0.2) is 11.6 Å². The second-order valence-electron chi connectivity index (χ2n) is 4.84. The van der Waals surface area contributed by atoms with Crippen molar-refractivity contribution in [2.45, 2.75) is 19.9 Å². The first-order valence-electron chi connectivity index (χ1n) is 6.48. The molecule has 0 aliphatic rings. The standard InChI is InChI=1S/C16H16BrClFNO/c1-9-6-12(17)15(8-13(9)18)20-10(2)11-4-5-16(21-3)14(19)7-11/h4-8,10,20H,1-3H3. The van der Waals surface area contributed by atoms with E-state index < -0.39 is 0 Å². The van der Waals surface area contributed by atoms with Crippen molar-refractivity contribution >= 4 is 33.2 Å². The molecule has 2 rings (SSSR count). The van der Waals surface area contributed by atoms with E-state index in [0.717, 1.165) is 21.3 Å². The topological polar surface area (TPSA) is 21.3 Å². The number of anilines is 1. The third kappa shape index (κ3) is 3.69. The highest BCUT2D eigenvalue weighted by atomic mass is 79.9. The minimum atomic E-state index is -0.371. The van der Waals surface area contributed by atoms with Crippen LogP contribution in [-0.2, 0) is 0 Å². The molecule has 2 aromatic carbocycles. The Morgan fingerprint density at radius 1 is 1.29 bits per heavy atom. The molecule has 0 fully saturated rings. The van der Waals surface area contributed by atoms with Gasteiger partial charge in [0.2, 0.25) is 0 Å². The minimum absolute atomic E-state index is 0.0690. The van der Waals surface area contributed by atoms with Gasteiger partial charge in [-0.05, 0) is 65.2 Å². The maximum atomic E-state index is 13.8. The van der Waals surface area contributed by atoms with Crippen LogP contribution in [0.4, 0.5) is 10.1 Å². The fourth-order valence-corrected chi connectivity index (χ4v) is 2.76. The molecule has 112 valence electrons. The van der Waals surface area contributed by atoms with Crippen LogP contribution >= 0.6 is 27.5 Å². The van der Waals surface area contributed by atoms with Gasteiger partial charge in [0.05, 0.1) is 12.8 Å². The Bertz CT molecular complexity index is 663. The number of hydrogen-bond acceptors (Lipinski definition) is 2. The number of aryl methyl sites for hydroxylation is 1. The number of rotatable bonds is 4. The van der Waals surface area contributed by atoms with Gasteiger partial charge in [-0.2, -0.15) is 0 Å². The molecule has 1 N–H and O–H groups in total. The zero-order valence-corrected chi connectivity index (χ0v) is 14.3. The van der Waals surface area contributed by atoms with E-state index in [9.17, 15) is 4.39 Å². The van der Waals surface area contributed by atoms with Crippen LogP contribution in [-0.4, -0.2) is 7.11 Å². The zero-order valence-electron chi connectivity index (χ0n) is 12.0. The van der Waals surface area contributed by atoms with E-state index in [-0.39, 0.29) is 17.6 Å². The Balaban J connectivity index is 2.23. The van der Waals surface area contributed by atoms with Crippen LogP contribution in [0.3, 0.4) is 0 Å². The lowest BCUT2D eigenvalue weighted by Crippen LogP contribution is -2.08. The van der Waals surface area contributed by atoms with Crippen LogP contribution in [0.1, 0.15) is 24.1 Å². The summed E-state index contributed by atoms with van der Waals surface area (Å²) < 4.78 is 19.6. The molecule has 5 heteroatoms. The summed E-state index contributed by atoms with van der Waals surface area (Å²) in [5.41, 5.74) is 2.70. The molecule has 0 saturated heterocycles. The number of benzene rings is 2. The number of hydrogen-bond donors (Lipinski definition) is 1. The average molecular weight is 373 g/mol. The molecule has 21 heavy (non-hydrogen) atoms. The molecule has 0 bridgehead atoms. The number of halogens is 3. The van der Waals surface area contributed by atoms with Gasteiger partial charge in [0, 0.05) is 15.5 Å². The molecule has 0 aliphatic heterocycles. The van der Waals surface area contributed by atoms with Crippen LogP contribution in [0.2, 0.25) is 5.02 Å². The molecule has 1 unspecified atom stereocenters. The van der Waals surface area contributed by atoms with Crippen LogP contribution in [0.15, 0.2) is 34.8 Å². The van der Waals surface area contributed by atoms with Gasteiger partial charge < -0.3 is 10.1 Å². The van der Waals surface area contributed by atoms with Crippen molar-refractivity contribution in [1.82, 2.24) is 0 Å². The minimum Gasteiger partial charge on any atom is -0.494 e. The zero-order chi connectivity index (χ0) is 15.6. The van der Waals surface area contributed by atoms with E-state index in [2.05, 4.69) is 21.2 Å². The van der Waals surface area contributed by atoms with E-state index >= 15 is 0 Å². The highest BCUT2D eigenvalue weighted by Gasteiger charge is 2.12. The van der Waals surface area contributed by atoms with Gasteiger partial charge in [0.25, 0.3) is 0 Å². The van der Waals surface area contributed by atoms with Crippen LogP contribution in [0.5, 0.6) is 5.75 Å². The summed E-state index contributed by atoms with van der Waals surface area (Å²) in [6.45, 7) is 3.90. The second-order valence-corrected chi connectivity index (χ2v) is 6.10. The third-order valence-electron chi connectivity index (χ3n) is 3.30. The number of nitrogens with one attached hydrogen (secondary N) is 1. The lowest BCUT2D eigenvalue weighted by molar-refractivity contribution is 0.386. The largest absolute Gasteiger partial charge is 0.494 e. The van der Waals surface area contributed by atoms with E-state index in [1.165, 1.54) is 13.2 Å². The first-order valence-corrected chi connectivity index (χ1v) is 7.65. The summed E-state index contributed by atoms with van der Waals surface area (Å²) in [4.78, 5) is 0. The number of ether oxygens (including phenoxy) is 1. The van der Waals surface area contributed by atoms with Crippen molar-refractivity contribution in [1.29, 1.82) is 0 Å². The summed E-state index contributed by atoms with van der Waals surface area (Å²) in [6, 6.07) is 8.67. The summed E-state index contributed by atoms with van der Waals surface area (Å²) in [6.07, 6.45) is 0. The number of methoxy groups -OCH3 is 1. The van der Waals surface area contributed by atoms with Gasteiger partial charge in [-0.1, -0.05) is 17.7 Å². The third-order valence-corrected chi connectivity index (χ3v) is 4.36. The van der Waals surface area contributed by atoms with Crippen molar-refractivity contribution in [3.8, 4) is 5.75 Å². The second kappa shape index (κ2) is 6.67. The van der Waals surface area contributed by atoms with Crippen LogP contribution in [0.25, 0.3) is 0 Å². The van der Waals surface area contributed by atoms with E-state index in [1.54, 1.807) is 6.07 Å². The van der Waals surface area contributed by atoms with Gasteiger partial charge >= 0.3 is 0 Å². The highest BCUT2D eigenvalue weighted by molar-refractivity contribution is 9.10. The molecule has 0 spiro atoms. The maximum absolute atomic E-state index is 13.8. The Kier molecular flexibility index (Phi) is 5.12. The van der Waals surface area contributed by atoms with Crippen molar-refractivity contribution < 1.29 is 9.13 Å². The van der Waals surface area contributed by atoms with Crippen LogP contribution in [0, 0.1) is 12.7 Å². The summed E-state index contributed by atoms with van der Waals surface area (Å²) in [7, 11) is 1.45. The maximum Gasteiger partial charge on any atom is 0.165 e. The van der Waals surface area contributed by atoms with E-state index in [1.807, 2.05) is 32.0 Å². The lowest BCUT2D eigenvalue weighted by Gasteiger charge is -2.18. The summed E-state index contributed by atoms with van der Waals surface area (Å²) in [5, 5.41) is 4.01. The Labute approximate surface area is 137 Å². The van der Waals surface area contributed by atoms with Gasteiger partial charge in [-0.3, -0.25) is 0 Å². The fraction of sp³-hybridized carbons (Fsp3) is 0.250. The normalized spacial score (nSPS) is 12.1. The Morgan fingerprint density at radius 3 is 2.62 bits per heavy atom. The molecule has 0 saturated carbocycles. The predicted octanol–water partition coefficient (Wildman–Crippen LogP) is 5.73. The average Bonchev–Trinajstić information content (AvgIpc) is 2.44. The van der Waals surface area contributed by atoms with E-state index in [0.29, 0.717) is 5.02 Å². The molecule has 0 amide bonds. The predicted molar refractivity (Wildman–Crippen MR) is 88.9 cm³/mol. The molecule has 2 nitrogen and oxygen atoms in total. The lowest BCUT2D eigenvalue weighted by atomic mass is 10.1. The molecular weight excluding hydrogens is 357 g/mol. The molecule has 0 aromatic heterocycles. The first kappa shape index (κ1) is 16.1. The van der Waals surface area contributed by atoms with E-state index in [4.69, 9.17) is 16.3 Å². The van der Waals surface area contributed by atoms with Crippen molar-refractivity contribution in [2.24, 2.45) is 0 Å². The quantitative estimate of drug-likeness (QED) is 0.740. The van der Waals surface area contributed by atoms with Gasteiger partial charge in [0.1, 0.15) is 0 Å². The van der Waals surface area contributed by atoms with Crippen molar-refractivity contribution in [3.05, 3.63) is 56.8 Å². The van der Waals surface area contributed by atoms with Crippen molar-refractivity contribution in [3.63, 3.8) is 0 Å². The Morgan fingerprint density at radius 2 is 2.00 bits per heavy atom. The summed E-state index contributed by atoms with van der Waals surface area (Å²) in [5.74, 6) is -0.129. The molecule has 1 atom stereocenters. The monoisotopic (exact) mass is 371 g/mol. The fourth-order valence-electron chi connectivity index (χ4n) is 2.03. The Hall–Kier alpha value is -1.26. The molecule has 0 heterocycles. The highest BCUT2D eigenvalue weighted by Crippen LogP contribution is 2.32. The molecule has 0 radical (unpaired) electrons. The SMILES string of the molecule is COc1ccc(C(C)Nc2cc(Cl)c(C)cc2Br)cc1F. The molecular formula is C16H16BrClFNO. The van der Waals surface area contributed by atoms with Gasteiger partial charge in [-0.15, -0.1) is 0 Å². The first-order chi connectivity index (χ1) is 9.92.